The van der Waals surface area contributed by atoms with Crippen LogP contribution >= 0.6 is 0 Å². The molecule has 1 aromatic rings. The number of hydrogen-bond acceptors (Lipinski definition) is 3. The van der Waals surface area contributed by atoms with Crippen molar-refractivity contribution < 1.29 is 9.47 Å². The summed E-state index contributed by atoms with van der Waals surface area (Å²) in [7, 11) is 3.31. The van der Waals surface area contributed by atoms with E-state index < -0.39 is 0 Å². The van der Waals surface area contributed by atoms with Crippen LogP contribution in [0.5, 0.6) is 11.5 Å². The van der Waals surface area contributed by atoms with E-state index in [1.54, 1.807) is 14.2 Å². The summed E-state index contributed by atoms with van der Waals surface area (Å²) in [4.78, 5) is 0. The fourth-order valence-corrected chi connectivity index (χ4v) is 1.71. The van der Waals surface area contributed by atoms with Crippen LogP contribution in [0.4, 0.5) is 0 Å². The Morgan fingerprint density at radius 3 is 2.71 bits per heavy atom. The lowest BCUT2D eigenvalue weighted by Gasteiger charge is -2.15. The Balaban J connectivity index is 2.73. The first-order valence-electron chi connectivity index (χ1n) is 5.77. The van der Waals surface area contributed by atoms with Gasteiger partial charge in [0.2, 0.25) is 0 Å². The van der Waals surface area contributed by atoms with Crippen molar-refractivity contribution in [2.45, 2.75) is 25.9 Å². The van der Waals surface area contributed by atoms with Gasteiger partial charge in [-0.3, -0.25) is 0 Å². The molecule has 94 valence electrons. The summed E-state index contributed by atoms with van der Waals surface area (Å²) in [5.41, 5.74) is 1.10. The first kappa shape index (κ1) is 13.6. The molecule has 1 atom stereocenters. The number of rotatable bonds is 7. The molecule has 0 aliphatic carbocycles. The van der Waals surface area contributed by atoms with Crippen molar-refractivity contribution in [2.75, 3.05) is 14.2 Å². The van der Waals surface area contributed by atoms with Gasteiger partial charge in [-0.1, -0.05) is 18.2 Å². The first-order chi connectivity index (χ1) is 8.22. The number of para-hydroxylation sites is 1. The van der Waals surface area contributed by atoms with E-state index in [4.69, 9.17) is 9.47 Å². The van der Waals surface area contributed by atoms with Crippen LogP contribution in [0.15, 0.2) is 30.9 Å². The molecule has 3 nitrogen and oxygen atoms in total. The molecule has 17 heavy (non-hydrogen) atoms. The third-order valence-electron chi connectivity index (χ3n) is 2.65. The van der Waals surface area contributed by atoms with Gasteiger partial charge in [-0.15, -0.1) is 6.58 Å². The maximum Gasteiger partial charge on any atom is 0.165 e. The van der Waals surface area contributed by atoms with Crippen molar-refractivity contribution in [3.8, 4) is 11.5 Å². The molecule has 0 heterocycles. The lowest BCUT2D eigenvalue weighted by Crippen LogP contribution is -2.24. The smallest absolute Gasteiger partial charge is 0.165 e. The van der Waals surface area contributed by atoms with Crippen molar-refractivity contribution in [1.82, 2.24) is 5.32 Å². The van der Waals surface area contributed by atoms with Crippen LogP contribution in [0.25, 0.3) is 0 Å². The molecule has 0 aromatic heterocycles. The zero-order valence-corrected chi connectivity index (χ0v) is 10.8. The highest BCUT2D eigenvalue weighted by molar-refractivity contribution is 5.46. The molecule has 1 unspecified atom stereocenters. The van der Waals surface area contributed by atoms with Gasteiger partial charge in [-0.25, -0.2) is 0 Å². The predicted octanol–water partition coefficient (Wildman–Crippen LogP) is 2.76. The van der Waals surface area contributed by atoms with Crippen LogP contribution in [-0.2, 0) is 6.54 Å². The van der Waals surface area contributed by atoms with Gasteiger partial charge in [0.15, 0.2) is 11.5 Å². The lowest BCUT2D eigenvalue weighted by molar-refractivity contribution is 0.350. The molecule has 0 fully saturated rings. The summed E-state index contributed by atoms with van der Waals surface area (Å²) in [5.74, 6) is 1.57. The zero-order chi connectivity index (χ0) is 12.7. The number of hydrogen-bond donors (Lipinski definition) is 1. The van der Waals surface area contributed by atoms with Gasteiger partial charge in [0.1, 0.15) is 0 Å². The van der Waals surface area contributed by atoms with E-state index in [0.29, 0.717) is 6.04 Å². The van der Waals surface area contributed by atoms with E-state index >= 15 is 0 Å². The molecule has 1 N–H and O–H groups in total. The number of ether oxygens (including phenoxy) is 2. The topological polar surface area (TPSA) is 30.5 Å². The van der Waals surface area contributed by atoms with Crippen molar-refractivity contribution >= 4 is 0 Å². The highest BCUT2D eigenvalue weighted by atomic mass is 16.5. The maximum absolute atomic E-state index is 5.37. The van der Waals surface area contributed by atoms with Crippen LogP contribution < -0.4 is 14.8 Å². The average molecular weight is 235 g/mol. The fraction of sp³-hybridized carbons (Fsp3) is 0.429. The van der Waals surface area contributed by atoms with Crippen LogP contribution in [0.2, 0.25) is 0 Å². The van der Waals surface area contributed by atoms with Crippen LogP contribution in [0.1, 0.15) is 18.9 Å². The van der Waals surface area contributed by atoms with Gasteiger partial charge < -0.3 is 14.8 Å². The summed E-state index contributed by atoms with van der Waals surface area (Å²) < 4.78 is 10.6. The largest absolute Gasteiger partial charge is 0.493 e. The van der Waals surface area contributed by atoms with Gasteiger partial charge >= 0.3 is 0 Å². The number of benzene rings is 1. The van der Waals surface area contributed by atoms with E-state index in [1.807, 2.05) is 24.3 Å². The lowest BCUT2D eigenvalue weighted by atomic mass is 10.1. The average Bonchev–Trinajstić information content (AvgIpc) is 2.36. The van der Waals surface area contributed by atoms with Crippen LogP contribution in [-0.4, -0.2) is 20.3 Å². The predicted molar refractivity (Wildman–Crippen MR) is 70.7 cm³/mol. The van der Waals surface area contributed by atoms with Gasteiger partial charge in [0.05, 0.1) is 14.2 Å². The Labute approximate surface area is 103 Å². The molecule has 0 amide bonds. The molecular formula is C14H21NO2. The van der Waals surface area contributed by atoms with Crippen molar-refractivity contribution in [2.24, 2.45) is 0 Å². The van der Waals surface area contributed by atoms with E-state index in [9.17, 15) is 0 Å². The van der Waals surface area contributed by atoms with Crippen LogP contribution in [0.3, 0.4) is 0 Å². The highest BCUT2D eigenvalue weighted by Gasteiger charge is 2.09. The van der Waals surface area contributed by atoms with E-state index in [2.05, 4.69) is 18.8 Å². The van der Waals surface area contributed by atoms with Crippen molar-refractivity contribution in [3.05, 3.63) is 36.4 Å². The second-order valence-electron chi connectivity index (χ2n) is 3.96. The molecule has 0 bridgehead atoms. The highest BCUT2D eigenvalue weighted by Crippen LogP contribution is 2.30. The summed E-state index contributed by atoms with van der Waals surface area (Å²) >= 11 is 0. The SMILES string of the molecule is C=CCC(C)NCc1cccc(OC)c1OC. The molecule has 0 saturated carbocycles. The third kappa shape index (κ3) is 3.79. The number of nitrogens with one attached hydrogen (secondary N) is 1. The quantitative estimate of drug-likeness (QED) is 0.737. The Hall–Kier alpha value is -1.48. The molecule has 0 saturated heterocycles. The molecule has 3 heteroatoms. The molecule has 0 radical (unpaired) electrons. The second kappa shape index (κ2) is 6.97. The normalized spacial score (nSPS) is 11.9. The van der Waals surface area contributed by atoms with Crippen molar-refractivity contribution in [3.63, 3.8) is 0 Å². The van der Waals surface area contributed by atoms with Gasteiger partial charge in [0, 0.05) is 18.2 Å². The van der Waals surface area contributed by atoms with E-state index in [-0.39, 0.29) is 0 Å². The Kier molecular flexibility index (Phi) is 5.57. The molecular weight excluding hydrogens is 214 g/mol. The molecule has 0 aliphatic heterocycles. The summed E-state index contributed by atoms with van der Waals surface area (Å²) in [6, 6.07) is 6.31. The third-order valence-corrected chi connectivity index (χ3v) is 2.65. The molecule has 1 rings (SSSR count). The summed E-state index contributed by atoms with van der Waals surface area (Å²) in [6.45, 7) is 6.62. The van der Waals surface area contributed by atoms with Gasteiger partial charge in [0.25, 0.3) is 0 Å². The Bertz CT molecular complexity index is 363. The minimum atomic E-state index is 0.406. The Morgan fingerprint density at radius 2 is 2.12 bits per heavy atom. The monoisotopic (exact) mass is 235 g/mol. The molecule has 0 aliphatic rings. The summed E-state index contributed by atoms with van der Waals surface area (Å²) in [6.07, 6.45) is 2.87. The van der Waals surface area contributed by atoms with Gasteiger partial charge in [-0.05, 0) is 19.4 Å². The molecule has 1 aromatic carbocycles. The Morgan fingerprint density at radius 1 is 1.35 bits per heavy atom. The second-order valence-corrected chi connectivity index (χ2v) is 3.96. The first-order valence-corrected chi connectivity index (χ1v) is 5.77. The standard InChI is InChI=1S/C14H21NO2/c1-5-7-11(2)15-10-12-8-6-9-13(16-3)14(12)17-4/h5-6,8-9,11,15H,1,7,10H2,2-4H3. The van der Waals surface area contributed by atoms with Gasteiger partial charge in [-0.2, -0.15) is 0 Å². The zero-order valence-electron chi connectivity index (χ0n) is 10.8. The molecule has 0 spiro atoms. The minimum Gasteiger partial charge on any atom is -0.493 e. The van der Waals surface area contributed by atoms with Crippen molar-refractivity contribution in [1.29, 1.82) is 0 Å². The fourth-order valence-electron chi connectivity index (χ4n) is 1.71. The number of methoxy groups -OCH3 is 2. The minimum absolute atomic E-state index is 0.406. The summed E-state index contributed by atoms with van der Waals surface area (Å²) in [5, 5.41) is 3.42. The maximum atomic E-state index is 5.37. The van der Waals surface area contributed by atoms with E-state index in [0.717, 1.165) is 30.0 Å². The van der Waals surface area contributed by atoms with E-state index in [1.165, 1.54) is 0 Å². The van der Waals surface area contributed by atoms with Crippen LogP contribution in [0, 0.1) is 0 Å².